The van der Waals surface area contributed by atoms with Crippen molar-refractivity contribution in [1.82, 2.24) is 4.98 Å². The molecule has 3 aromatic rings. The maximum atomic E-state index is 12.4. The molecule has 152 valence electrons. The van der Waals surface area contributed by atoms with E-state index in [1.165, 1.54) is 66.9 Å². The minimum Gasteiger partial charge on any atom is -0.323 e. The van der Waals surface area contributed by atoms with Crippen molar-refractivity contribution in [2.45, 2.75) is 4.90 Å². The van der Waals surface area contributed by atoms with Crippen molar-refractivity contribution < 1.29 is 18.1 Å². The van der Waals surface area contributed by atoms with Crippen molar-refractivity contribution in [3.05, 3.63) is 94.7 Å². The van der Waals surface area contributed by atoms with Gasteiger partial charge in [-0.05, 0) is 48.0 Å². The number of nitrogens with one attached hydrogen (secondary N) is 2. The number of rotatable bonds is 7. The Balaban J connectivity index is 1.64. The first-order valence-corrected chi connectivity index (χ1v) is 10.1. The topological polar surface area (TPSA) is 131 Å². The molecule has 0 spiro atoms. The van der Waals surface area contributed by atoms with Gasteiger partial charge in [0.25, 0.3) is 15.7 Å². The summed E-state index contributed by atoms with van der Waals surface area (Å²) in [5.74, 6) is -0.273. The van der Waals surface area contributed by atoms with Gasteiger partial charge in [-0.15, -0.1) is 0 Å². The molecule has 0 aliphatic rings. The third-order valence-corrected chi connectivity index (χ3v) is 5.21. The van der Waals surface area contributed by atoms with E-state index in [9.17, 15) is 23.3 Å². The minimum absolute atomic E-state index is 0.0123. The lowest BCUT2D eigenvalue weighted by molar-refractivity contribution is -0.384. The van der Waals surface area contributed by atoms with Crippen LogP contribution in [-0.2, 0) is 14.8 Å². The number of aromatic nitrogens is 1. The number of nitrogens with zero attached hydrogens (tertiary/aromatic N) is 2. The second-order valence-corrected chi connectivity index (χ2v) is 7.70. The van der Waals surface area contributed by atoms with Gasteiger partial charge in [-0.1, -0.05) is 18.2 Å². The maximum Gasteiger partial charge on any atom is 0.270 e. The summed E-state index contributed by atoms with van der Waals surface area (Å²) in [6.07, 6.45) is 4.14. The van der Waals surface area contributed by atoms with Gasteiger partial charge in [0.2, 0.25) is 5.91 Å². The van der Waals surface area contributed by atoms with E-state index in [1.807, 2.05) is 0 Å². The van der Waals surface area contributed by atoms with Crippen molar-refractivity contribution in [3.8, 4) is 0 Å². The molecule has 0 bridgehead atoms. The molecule has 0 aliphatic heterocycles. The Morgan fingerprint density at radius 3 is 2.47 bits per heavy atom. The van der Waals surface area contributed by atoms with E-state index < -0.39 is 20.9 Å². The maximum absolute atomic E-state index is 12.4. The van der Waals surface area contributed by atoms with Crippen molar-refractivity contribution in [2.24, 2.45) is 0 Å². The predicted molar refractivity (Wildman–Crippen MR) is 112 cm³/mol. The second-order valence-electron chi connectivity index (χ2n) is 6.02. The first kappa shape index (κ1) is 20.7. The summed E-state index contributed by atoms with van der Waals surface area (Å²) in [4.78, 5) is 26.3. The average molecular weight is 424 g/mol. The summed E-state index contributed by atoms with van der Waals surface area (Å²) in [6, 6.07) is 16.3. The fourth-order valence-electron chi connectivity index (χ4n) is 2.44. The summed E-state index contributed by atoms with van der Waals surface area (Å²) in [7, 11) is -3.81. The number of carbonyl (C=O) groups is 1. The van der Waals surface area contributed by atoms with Gasteiger partial charge in [0.1, 0.15) is 5.82 Å². The Labute approximate surface area is 172 Å². The van der Waals surface area contributed by atoms with E-state index in [-0.39, 0.29) is 16.4 Å². The van der Waals surface area contributed by atoms with Gasteiger partial charge in [0.15, 0.2) is 0 Å². The van der Waals surface area contributed by atoms with Crippen LogP contribution in [0.3, 0.4) is 0 Å². The van der Waals surface area contributed by atoms with Crippen molar-refractivity contribution in [1.29, 1.82) is 0 Å². The molecule has 0 unspecified atom stereocenters. The fraction of sp³-hybridized carbons (Fsp3) is 0. The number of hydrogen-bond donors (Lipinski definition) is 2. The van der Waals surface area contributed by atoms with E-state index in [1.54, 1.807) is 18.2 Å². The van der Waals surface area contributed by atoms with Gasteiger partial charge < -0.3 is 5.32 Å². The molecule has 3 rings (SSSR count). The third kappa shape index (κ3) is 5.49. The van der Waals surface area contributed by atoms with Gasteiger partial charge in [-0.2, -0.15) is 0 Å². The Morgan fingerprint density at radius 2 is 1.80 bits per heavy atom. The van der Waals surface area contributed by atoms with Gasteiger partial charge in [0.05, 0.1) is 9.82 Å². The van der Waals surface area contributed by atoms with E-state index in [2.05, 4.69) is 15.0 Å². The molecule has 2 aromatic carbocycles. The van der Waals surface area contributed by atoms with Crippen LogP contribution in [0.4, 0.5) is 17.2 Å². The molecule has 1 amide bonds. The molecule has 0 aliphatic carbocycles. The number of non-ortho nitro benzene ring substituents is 1. The number of nitro benzene ring substituents is 1. The fourth-order valence-corrected chi connectivity index (χ4v) is 3.44. The van der Waals surface area contributed by atoms with Crippen LogP contribution in [0.5, 0.6) is 0 Å². The van der Waals surface area contributed by atoms with Crippen LogP contribution in [0, 0.1) is 10.1 Å². The zero-order valence-electron chi connectivity index (χ0n) is 15.4. The van der Waals surface area contributed by atoms with Crippen LogP contribution in [-0.4, -0.2) is 24.2 Å². The van der Waals surface area contributed by atoms with Crippen molar-refractivity contribution >= 4 is 39.2 Å². The molecular formula is C20H16N4O5S. The number of carbonyl (C=O) groups excluding carboxylic acids is 1. The Kier molecular flexibility index (Phi) is 6.18. The zero-order chi connectivity index (χ0) is 21.6. The van der Waals surface area contributed by atoms with Gasteiger partial charge in [0, 0.05) is 30.1 Å². The normalized spacial score (nSPS) is 11.2. The third-order valence-electron chi connectivity index (χ3n) is 3.84. The molecule has 0 radical (unpaired) electrons. The minimum atomic E-state index is -3.81. The highest BCUT2D eigenvalue weighted by molar-refractivity contribution is 7.92. The Morgan fingerprint density at radius 1 is 1.03 bits per heavy atom. The van der Waals surface area contributed by atoms with Gasteiger partial charge >= 0.3 is 0 Å². The highest BCUT2D eigenvalue weighted by atomic mass is 32.2. The molecule has 0 saturated carbocycles. The number of sulfonamides is 1. The smallest absolute Gasteiger partial charge is 0.270 e. The van der Waals surface area contributed by atoms with Gasteiger partial charge in [-0.3, -0.25) is 19.6 Å². The number of nitro groups is 1. The van der Waals surface area contributed by atoms with E-state index in [4.69, 9.17) is 0 Å². The summed E-state index contributed by atoms with van der Waals surface area (Å²) in [6.45, 7) is 0. The average Bonchev–Trinajstić information content (AvgIpc) is 2.73. The molecule has 2 N–H and O–H groups in total. The number of anilines is 2. The Bertz CT molecular complexity index is 1190. The molecule has 0 saturated heterocycles. The van der Waals surface area contributed by atoms with E-state index in [0.717, 1.165) is 0 Å². The molecule has 0 atom stereocenters. The highest BCUT2D eigenvalue weighted by Crippen LogP contribution is 2.18. The summed E-state index contributed by atoms with van der Waals surface area (Å²) >= 11 is 0. The summed E-state index contributed by atoms with van der Waals surface area (Å²) in [5.41, 5.74) is 0.815. The number of amides is 1. The number of benzene rings is 2. The number of pyridine rings is 1. The van der Waals surface area contributed by atoms with Gasteiger partial charge in [-0.25, -0.2) is 13.4 Å². The molecule has 10 heteroatoms. The molecule has 30 heavy (non-hydrogen) atoms. The summed E-state index contributed by atoms with van der Waals surface area (Å²) < 4.78 is 27.1. The van der Waals surface area contributed by atoms with Crippen LogP contribution in [0.1, 0.15) is 5.56 Å². The predicted octanol–water partition coefficient (Wildman–Crippen LogP) is 3.44. The zero-order valence-corrected chi connectivity index (χ0v) is 16.2. The number of hydrogen-bond acceptors (Lipinski definition) is 6. The molecule has 1 aromatic heterocycles. The highest BCUT2D eigenvalue weighted by Gasteiger charge is 2.14. The first-order chi connectivity index (χ1) is 14.3. The molecular weight excluding hydrogens is 408 g/mol. The first-order valence-electron chi connectivity index (χ1n) is 8.61. The SMILES string of the molecule is O=C(C=Cc1cccc([N+](=O)[O-])c1)Nc1ccc(S(=O)(=O)Nc2ccccn2)cc1. The van der Waals surface area contributed by atoms with Crippen molar-refractivity contribution in [3.63, 3.8) is 0 Å². The lowest BCUT2D eigenvalue weighted by Crippen LogP contribution is -2.14. The standard InChI is InChI=1S/C20H16N4O5S/c25-20(12-7-15-4-3-5-17(14-15)24(26)27)22-16-8-10-18(11-9-16)30(28,29)23-19-6-1-2-13-21-19/h1-14H,(H,21,23)(H,22,25). The lowest BCUT2D eigenvalue weighted by atomic mass is 10.2. The molecule has 1 heterocycles. The molecule has 9 nitrogen and oxygen atoms in total. The van der Waals surface area contributed by atoms with Crippen molar-refractivity contribution in [2.75, 3.05) is 10.0 Å². The van der Waals surface area contributed by atoms with Crippen LogP contribution in [0.25, 0.3) is 6.08 Å². The van der Waals surface area contributed by atoms with Crippen LogP contribution in [0.15, 0.2) is 83.9 Å². The van der Waals surface area contributed by atoms with Crippen LogP contribution < -0.4 is 10.0 Å². The van der Waals surface area contributed by atoms with E-state index >= 15 is 0 Å². The molecule has 0 fully saturated rings. The van der Waals surface area contributed by atoms with E-state index in [0.29, 0.717) is 11.3 Å². The summed E-state index contributed by atoms with van der Waals surface area (Å²) in [5, 5.41) is 13.4. The monoisotopic (exact) mass is 424 g/mol. The second kappa shape index (κ2) is 8.97. The lowest BCUT2D eigenvalue weighted by Gasteiger charge is -2.08. The quantitative estimate of drug-likeness (QED) is 0.339. The Hall–Kier alpha value is -4.05. The van der Waals surface area contributed by atoms with Crippen LogP contribution >= 0.6 is 0 Å². The largest absolute Gasteiger partial charge is 0.323 e. The van der Waals surface area contributed by atoms with Crippen LogP contribution in [0.2, 0.25) is 0 Å².